The fraction of sp³-hybridized carbons (Fsp3) is 0.333. The number of amides is 1. The van der Waals surface area contributed by atoms with E-state index >= 15 is 0 Å². The predicted molar refractivity (Wildman–Crippen MR) is 118 cm³/mol. The molecule has 0 bridgehead atoms. The number of anilines is 2. The largest absolute Gasteiger partial charge is 0.366 e. The zero-order valence-corrected chi connectivity index (χ0v) is 17.9. The zero-order valence-electron chi connectivity index (χ0n) is 17.1. The van der Waals surface area contributed by atoms with E-state index in [9.17, 15) is 9.59 Å². The van der Waals surface area contributed by atoms with Crippen molar-refractivity contribution in [2.45, 2.75) is 13.5 Å². The standard InChI is InChI=1S/C21H23ClN6O3/c1-15-11-18(25-31-15)24-19(29)14-26-7-9-27(10-8-26)17-12-23-28(21(30)20(17)22)13-16-5-3-2-4-6-16/h2-6,11-12H,7-10,13-14H2,1H3,(H,24,25,29). The second-order valence-electron chi connectivity index (χ2n) is 7.43. The number of piperazine rings is 1. The van der Waals surface area contributed by atoms with Crippen LogP contribution >= 0.6 is 11.6 Å². The summed E-state index contributed by atoms with van der Waals surface area (Å²) in [5.41, 5.74) is 1.29. The first-order valence-corrected chi connectivity index (χ1v) is 10.4. The lowest BCUT2D eigenvalue weighted by atomic mass is 10.2. The van der Waals surface area contributed by atoms with Crippen molar-refractivity contribution < 1.29 is 9.32 Å². The number of nitrogens with zero attached hydrogens (tertiary/aromatic N) is 5. The summed E-state index contributed by atoms with van der Waals surface area (Å²) < 4.78 is 6.32. The van der Waals surface area contributed by atoms with E-state index in [0.717, 1.165) is 5.56 Å². The number of aryl methyl sites for hydroxylation is 1. The van der Waals surface area contributed by atoms with E-state index < -0.39 is 0 Å². The number of halogens is 1. The Bertz CT molecular complexity index is 1110. The van der Waals surface area contributed by atoms with Gasteiger partial charge in [0.25, 0.3) is 5.56 Å². The topological polar surface area (TPSA) is 96.5 Å². The maximum absolute atomic E-state index is 12.7. The molecule has 3 heterocycles. The van der Waals surface area contributed by atoms with E-state index in [0.29, 0.717) is 50.0 Å². The molecule has 1 fully saturated rings. The molecule has 0 radical (unpaired) electrons. The summed E-state index contributed by atoms with van der Waals surface area (Å²) in [6, 6.07) is 11.3. The Morgan fingerprint density at radius 2 is 1.94 bits per heavy atom. The Morgan fingerprint density at radius 1 is 1.19 bits per heavy atom. The summed E-state index contributed by atoms with van der Waals surface area (Å²) in [5, 5.41) is 11.0. The molecule has 9 nitrogen and oxygen atoms in total. The summed E-state index contributed by atoms with van der Waals surface area (Å²) in [4.78, 5) is 29.0. The van der Waals surface area contributed by atoms with Gasteiger partial charge in [-0.25, -0.2) is 4.68 Å². The maximum atomic E-state index is 12.7. The van der Waals surface area contributed by atoms with E-state index in [-0.39, 0.29) is 23.0 Å². The lowest BCUT2D eigenvalue weighted by Crippen LogP contribution is -2.49. The highest BCUT2D eigenvalue weighted by atomic mass is 35.5. The molecule has 0 spiro atoms. The highest BCUT2D eigenvalue weighted by Crippen LogP contribution is 2.22. The van der Waals surface area contributed by atoms with Crippen molar-refractivity contribution in [3.8, 4) is 0 Å². The third-order valence-electron chi connectivity index (χ3n) is 5.12. The molecule has 1 amide bonds. The van der Waals surface area contributed by atoms with Gasteiger partial charge in [-0.15, -0.1) is 0 Å². The van der Waals surface area contributed by atoms with Crippen molar-refractivity contribution in [3.05, 3.63) is 69.3 Å². The molecule has 1 saturated heterocycles. The van der Waals surface area contributed by atoms with Gasteiger partial charge in [0.05, 0.1) is 25.0 Å². The van der Waals surface area contributed by atoms with Crippen molar-refractivity contribution in [3.63, 3.8) is 0 Å². The molecule has 2 aromatic heterocycles. The minimum atomic E-state index is -0.312. The van der Waals surface area contributed by atoms with Crippen LogP contribution in [0.5, 0.6) is 0 Å². The van der Waals surface area contributed by atoms with Crippen LogP contribution in [0, 0.1) is 6.92 Å². The number of rotatable bonds is 6. The van der Waals surface area contributed by atoms with Crippen LogP contribution in [0.4, 0.5) is 11.5 Å². The third-order valence-corrected chi connectivity index (χ3v) is 5.47. The lowest BCUT2D eigenvalue weighted by Gasteiger charge is -2.35. The molecule has 1 aliphatic rings. The molecule has 1 aromatic carbocycles. The first-order chi connectivity index (χ1) is 15.0. The highest BCUT2D eigenvalue weighted by molar-refractivity contribution is 6.33. The number of carbonyl (C=O) groups excluding carboxylic acids is 1. The molecular weight excluding hydrogens is 420 g/mol. The quantitative estimate of drug-likeness (QED) is 0.623. The summed E-state index contributed by atoms with van der Waals surface area (Å²) in [7, 11) is 0. The van der Waals surface area contributed by atoms with Crippen LogP contribution in [0.3, 0.4) is 0 Å². The Hall–Kier alpha value is -3.17. The summed E-state index contributed by atoms with van der Waals surface area (Å²) in [5.74, 6) is 0.903. The first-order valence-electron chi connectivity index (χ1n) is 9.99. The normalized spacial score (nSPS) is 14.6. The molecule has 0 unspecified atom stereocenters. The fourth-order valence-electron chi connectivity index (χ4n) is 3.50. The smallest absolute Gasteiger partial charge is 0.287 e. The number of carbonyl (C=O) groups is 1. The van der Waals surface area contributed by atoms with Gasteiger partial charge in [-0.1, -0.05) is 47.1 Å². The highest BCUT2D eigenvalue weighted by Gasteiger charge is 2.23. The van der Waals surface area contributed by atoms with E-state index in [4.69, 9.17) is 16.1 Å². The van der Waals surface area contributed by atoms with Gasteiger partial charge in [0, 0.05) is 32.2 Å². The van der Waals surface area contributed by atoms with Crippen LogP contribution in [0.25, 0.3) is 0 Å². The van der Waals surface area contributed by atoms with Crippen molar-refractivity contribution >= 4 is 29.0 Å². The van der Waals surface area contributed by atoms with Gasteiger partial charge < -0.3 is 14.7 Å². The molecule has 162 valence electrons. The van der Waals surface area contributed by atoms with Gasteiger partial charge in [-0.2, -0.15) is 5.10 Å². The fourth-order valence-corrected chi connectivity index (χ4v) is 3.77. The number of aromatic nitrogens is 3. The van der Waals surface area contributed by atoms with E-state index in [2.05, 4.69) is 15.6 Å². The van der Waals surface area contributed by atoms with Crippen LogP contribution in [-0.4, -0.2) is 58.5 Å². The average molecular weight is 443 g/mol. The van der Waals surface area contributed by atoms with E-state index in [1.54, 1.807) is 19.2 Å². The molecule has 0 aliphatic carbocycles. The zero-order chi connectivity index (χ0) is 21.8. The second kappa shape index (κ2) is 9.32. The molecule has 4 rings (SSSR count). The van der Waals surface area contributed by atoms with Crippen LogP contribution in [0.15, 0.2) is 51.9 Å². The van der Waals surface area contributed by atoms with Gasteiger partial charge in [-0.05, 0) is 12.5 Å². The predicted octanol–water partition coefficient (Wildman–Crippen LogP) is 2.00. The third kappa shape index (κ3) is 5.12. The molecule has 1 N–H and O–H groups in total. The number of hydrogen-bond acceptors (Lipinski definition) is 7. The maximum Gasteiger partial charge on any atom is 0.287 e. The minimum Gasteiger partial charge on any atom is -0.366 e. The summed E-state index contributed by atoms with van der Waals surface area (Å²) >= 11 is 6.40. The van der Waals surface area contributed by atoms with Gasteiger partial charge >= 0.3 is 0 Å². The van der Waals surface area contributed by atoms with E-state index in [1.807, 2.05) is 40.1 Å². The SMILES string of the molecule is Cc1cc(NC(=O)CN2CCN(c3cnn(Cc4ccccc4)c(=O)c3Cl)CC2)no1. The van der Waals surface area contributed by atoms with Gasteiger partial charge in [0.2, 0.25) is 5.91 Å². The van der Waals surface area contributed by atoms with Crippen LogP contribution in [0.2, 0.25) is 5.02 Å². The molecule has 0 saturated carbocycles. The number of hydrogen-bond donors (Lipinski definition) is 1. The van der Waals surface area contributed by atoms with Crippen molar-refractivity contribution in [1.82, 2.24) is 19.8 Å². The van der Waals surface area contributed by atoms with Crippen molar-refractivity contribution in [2.75, 3.05) is 42.9 Å². The van der Waals surface area contributed by atoms with Gasteiger partial charge in [0.15, 0.2) is 5.82 Å². The molecule has 3 aromatic rings. The van der Waals surface area contributed by atoms with Crippen LogP contribution < -0.4 is 15.8 Å². The number of benzene rings is 1. The monoisotopic (exact) mass is 442 g/mol. The average Bonchev–Trinajstić information content (AvgIpc) is 3.17. The van der Waals surface area contributed by atoms with Gasteiger partial charge in [0.1, 0.15) is 10.8 Å². The Morgan fingerprint density at radius 3 is 2.61 bits per heavy atom. The lowest BCUT2D eigenvalue weighted by molar-refractivity contribution is -0.117. The molecule has 0 atom stereocenters. The van der Waals surface area contributed by atoms with Gasteiger partial charge in [-0.3, -0.25) is 14.5 Å². The van der Waals surface area contributed by atoms with Crippen LogP contribution in [-0.2, 0) is 11.3 Å². The number of nitrogens with one attached hydrogen (secondary N) is 1. The molecular formula is C21H23ClN6O3. The van der Waals surface area contributed by atoms with Crippen molar-refractivity contribution in [2.24, 2.45) is 0 Å². The molecule has 10 heteroatoms. The Labute approximate surface area is 184 Å². The second-order valence-corrected chi connectivity index (χ2v) is 7.80. The first kappa shape index (κ1) is 21.1. The Balaban J connectivity index is 1.34. The van der Waals surface area contributed by atoms with Crippen molar-refractivity contribution in [1.29, 1.82) is 0 Å². The Kier molecular flexibility index (Phi) is 6.34. The molecule has 31 heavy (non-hydrogen) atoms. The summed E-state index contributed by atoms with van der Waals surface area (Å²) in [6.07, 6.45) is 1.64. The van der Waals surface area contributed by atoms with E-state index in [1.165, 1.54) is 4.68 Å². The molecule has 1 aliphatic heterocycles. The minimum absolute atomic E-state index is 0.148. The van der Waals surface area contributed by atoms with Crippen LogP contribution in [0.1, 0.15) is 11.3 Å². The summed E-state index contributed by atoms with van der Waals surface area (Å²) in [6.45, 7) is 4.99.